The largest absolute Gasteiger partial charge is 0.496 e. The van der Waals surface area contributed by atoms with Crippen molar-refractivity contribution in [1.82, 2.24) is 16.0 Å². The highest BCUT2D eigenvalue weighted by atomic mass is 16.5. The molecule has 2 aromatic carbocycles. The van der Waals surface area contributed by atoms with Gasteiger partial charge in [0, 0.05) is 32.2 Å². The molecule has 0 atom stereocenters. The lowest BCUT2D eigenvalue weighted by Crippen LogP contribution is -2.37. The maximum absolute atomic E-state index is 11.8. The first-order valence-electron chi connectivity index (χ1n) is 9.52. The number of guanidine groups is 1. The van der Waals surface area contributed by atoms with Crippen LogP contribution in [0.5, 0.6) is 5.75 Å². The highest BCUT2D eigenvalue weighted by Crippen LogP contribution is 2.18. The molecule has 2 aromatic rings. The predicted octanol–water partition coefficient (Wildman–Crippen LogP) is 2.66. The Bertz CT molecular complexity index is 801. The van der Waals surface area contributed by atoms with E-state index in [4.69, 9.17) is 4.74 Å². The van der Waals surface area contributed by atoms with Crippen LogP contribution in [0.2, 0.25) is 0 Å². The van der Waals surface area contributed by atoms with E-state index in [1.54, 1.807) is 14.2 Å². The van der Waals surface area contributed by atoms with Crippen LogP contribution >= 0.6 is 0 Å². The summed E-state index contributed by atoms with van der Waals surface area (Å²) in [6, 6.07) is 13.8. The van der Waals surface area contributed by atoms with Gasteiger partial charge in [0.05, 0.1) is 7.11 Å². The molecule has 0 bridgehead atoms. The maximum Gasteiger partial charge on any atom is 0.251 e. The number of benzene rings is 2. The average molecular weight is 383 g/mol. The Hall–Kier alpha value is -3.02. The molecule has 0 saturated heterocycles. The lowest BCUT2D eigenvalue weighted by Gasteiger charge is -2.13. The van der Waals surface area contributed by atoms with Crippen molar-refractivity contribution in [3.05, 3.63) is 64.7 Å². The number of amides is 1. The van der Waals surface area contributed by atoms with Crippen LogP contribution in [0.15, 0.2) is 47.5 Å². The van der Waals surface area contributed by atoms with E-state index in [2.05, 4.69) is 39.1 Å². The van der Waals surface area contributed by atoms with Crippen molar-refractivity contribution < 1.29 is 9.53 Å². The number of hydrogen-bond acceptors (Lipinski definition) is 3. The standard InChI is InChI=1S/C22H30N4O2/c1-5-24-21(27)19-10-8-18(9-11-19)15-26-22(23-3)25-13-12-17-7-6-16(2)20(14-17)28-4/h6-11,14H,5,12-13,15H2,1-4H3,(H,24,27)(H2,23,25,26). The molecule has 0 aliphatic carbocycles. The molecule has 0 fully saturated rings. The molecule has 0 unspecified atom stereocenters. The topological polar surface area (TPSA) is 74.8 Å². The zero-order valence-corrected chi connectivity index (χ0v) is 17.1. The number of rotatable bonds is 8. The van der Waals surface area contributed by atoms with Crippen molar-refractivity contribution in [2.45, 2.75) is 26.8 Å². The first-order chi connectivity index (χ1) is 13.6. The third kappa shape index (κ3) is 6.30. The third-order valence-electron chi connectivity index (χ3n) is 4.42. The zero-order valence-electron chi connectivity index (χ0n) is 17.1. The number of aliphatic imine (C=N–C) groups is 1. The van der Waals surface area contributed by atoms with Crippen molar-refractivity contribution in [3.63, 3.8) is 0 Å². The van der Waals surface area contributed by atoms with Crippen LogP contribution < -0.4 is 20.7 Å². The number of methoxy groups -OCH3 is 1. The minimum absolute atomic E-state index is 0.0489. The highest BCUT2D eigenvalue weighted by Gasteiger charge is 2.05. The normalized spacial score (nSPS) is 11.1. The molecular formula is C22H30N4O2. The van der Waals surface area contributed by atoms with Crippen LogP contribution in [-0.2, 0) is 13.0 Å². The minimum atomic E-state index is -0.0489. The van der Waals surface area contributed by atoms with Gasteiger partial charge in [0.25, 0.3) is 5.91 Å². The molecule has 1 amide bonds. The molecular weight excluding hydrogens is 352 g/mol. The highest BCUT2D eigenvalue weighted by molar-refractivity contribution is 5.94. The van der Waals surface area contributed by atoms with Crippen molar-refractivity contribution >= 4 is 11.9 Å². The van der Waals surface area contributed by atoms with E-state index in [0.717, 1.165) is 35.8 Å². The molecule has 0 heterocycles. The van der Waals surface area contributed by atoms with E-state index < -0.39 is 0 Å². The van der Waals surface area contributed by atoms with Crippen LogP contribution in [0.4, 0.5) is 0 Å². The van der Waals surface area contributed by atoms with Gasteiger partial charge in [-0.1, -0.05) is 24.3 Å². The van der Waals surface area contributed by atoms with Crippen molar-refractivity contribution in [1.29, 1.82) is 0 Å². The summed E-state index contributed by atoms with van der Waals surface area (Å²) in [6.45, 7) is 5.97. The smallest absolute Gasteiger partial charge is 0.251 e. The van der Waals surface area contributed by atoms with Crippen LogP contribution in [0.1, 0.15) is 34.0 Å². The van der Waals surface area contributed by atoms with Gasteiger partial charge in [-0.05, 0) is 55.2 Å². The molecule has 0 aliphatic rings. The molecule has 28 heavy (non-hydrogen) atoms. The zero-order chi connectivity index (χ0) is 20.4. The maximum atomic E-state index is 11.8. The van der Waals surface area contributed by atoms with Gasteiger partial charge in [-0.2, -0.15) is 0 Å². The Morgan fingerprint density at radius 3 is 2.39 bits per heavy atom. The second-order valence-electron chi connectivity index (χ2n) is 6.46. The van der Waals surface area contributed by atoms with Crippen molar-refractivity contribution in [2.75, 3.05) is 27.2 Å². The summed E-state index contributed by atoms with van der Waals surface area (Å²) in [6.07, 6.45) is 0.874. The fraction of sp³-hybridized carbons (Fsp3) is 0.364. The average Bonchev–Trinajstić information content (AvgIpc) is 2.72. The summed E-state index contributed by atoms with van der Waals surface area (Å²) in [7, 11) is 3.45. The lowest BCUT2D eigenvalue weighted by molar-refractivity contribution is 0.0956. The van der Waals surface area contributed by atoms with E-state index in [9.17, 15) is 4.79 Å². The summed E-state index contributed by atoms with van der Waals surface area (Å²) in [5.41, 5.74) is 4.10. The number of hydrogen-bond donors (Lipinski definition) is 3. The quantitative estimate of drug-likeness (QED) is 0.485. The van der Waals surface area contributed by atoms with Gasteiger partial charge in [0.15, 0.2) is 5.96 Å². The Labute approximate surface area is 167 Å². The molecule has 6 nitrogen and oxygen atoms in total. The van der Waals surface area contributed by atoms with Gasteiger partial charge >= 0.3 is 0 Å². The number of ether oxygens (including phenoxy) is 1. The molecule has 0 spiro atoms. The summed E-state index contributed by atoms with van der Waals surface area (Å²) >= 11 is 0. The van der Waals surface area contributed by atoms with Gasteiger partial charge in [-0.25, -0.2) is 0 Å². The second-order valence-corrected chi connectivity index (χ2v) is 6.46. The molecule has 6 heteroatoms. The number of nitrogens with zero attached hydrogens (tertiary/aromatic N) is 1. The number of aryl methyl sites for hydroxylation is 1. The first kappa shape index (κ1) is 21.3. The monoisotopic (exact) mass is 382 g/mol. The lowest BCUT2D eigenvalue weighted by atomic mass is 10.1. The van der Waals surface area contributed by atoms with Gasteiger partial charge in [0.2, 0.25) is 0 Å². The van der Waals surface area contributed by atoms with Gasteiger partial charge in [-0.15, -0.1) is 0 Å². The molecule has 3 N–H and O–H groups in total. The molecule has 0 aliphatic heterocycles. The van der Waals surface area contributed by atoms with E-state index >= 15 is 0 Å². The van der Waals surface area contributed by atoms with E-state index in [1.165, 1.54) is 5.56 Å². The van der Waals surface area contributed by atoms with Gasteiger partial charge in [-0.3, -0.25) is 9.79 Å². The Morgan fingerprint density at radius 1 is 1.04 bits per heavy atom. The number of carbonyl (C=O) groups is 1. The van der Waals surface area contributed by atoms with Crippen LogP contribution in [0.3, 0.4) is 0 Å². The first-order valence-corrected chi connectivity index (χ1v) is 9.52. The molecule has 2 rings (SSSR count). The number of nitrogens with one attached hydrogen (secondary N) is 3. The SMILES string of the molecule is CCNC(=O)c1ccc(CNC(=NC)NCCc2ccc(C)c(OC)c2)cc1. The van der Waals surface area contributed by atoms with Gasteiger partial charge in [0.1, 0.15) is 5.75 Å². The van der Waals surface area contributed by atoms with Crippen LogP contribution in [0, 0.1) is 6.92 Å². The molecule has 150 valence electrons. The Morgan fingerprint density at radius 2 is 1.75 bits per heavy atom. The minimum Gasteiger partial charge on any atom is -0.496 e. The van der Waals surface area contributed by atoms with Crippen molar-refractivity contribution in [3.8, 4) is 5.75 Å². The molecule has 0 saturated carbocycles. The summed E-state index contributed by atoms with van der Waals surface area (Å²) in [5.74, 6) is 1.61. The predicted molar refractivity (Wildman–Crippen MR) is 114 cm³/mol. The summed E-state index contributed by atoms with van der Waals surface area (Å²) < 4.78 is 5.38. The van der Waals surface area contributed by atoms with E-state index in [-0.39, 0.29) is 5.91 Å². The van der Waals surface area contributed by atoms with Crippen molar-refractivity contribution in [2.24, 2.45) is 4.99 Å². The Balaban J connectivity index is 1.80. The van der Waals surface area contributed by atoms with Gasteiger partial charge < -0.3 is 20.7 Å². The number of carbonyl (C=O) groups excluding carboxylic acids is 1. The Kier molecular flexibility index (Phi) is 8.34. The summed E-state index contributed by atoms with van der Waals surface area (Å²) in [4.78, 5) is 16.1. The fourth-order valence-electron chi connectivity index (χ4n) is 2.79. The molecule has 0 aromatic heterocycles. The fourth-order valence-corrected chi connectivity index (χ4v) is 2.79. The van der Waals surface area contributed by atoms with E-state index in [0.29, 0.717) is 18.7 Å². The third-order valence-corrected chi connectivity index (χ3v) is 4.42. The second kappa shape index (κ2) is 11.0. The van der Waals surface area contributed by atoms with Crippen LogP contribution in [0.25, 0.3) is 0 Å². The van der Waals surface area contributed by atoms with Crippen LogP contribution in [-0.4, -0.2) is 39.1 Å². The van der Waals surface area contributed by atoms with E-state index in [1.807, 2.05) is 38.1 Å². The molecule has 0 radical (unpaired) electrons. The summed E-state index contributed by atoms with van der Waals surface area (Å²) in [5, 5.41) is 9.41.